The molecule has 0 spiro atoms. The molecule has 0 aliphatic carbocycles. The Hall–Kier alpha value is -1.48. The molecule has 1 heterocycles. The van der Waals surface area contributed by atoms with Crippen molar-refractivity contribution in [3.05, 3.63) is 50.2 Å². The third-order valence-electron chi connectivity index (χ3n) is 2.57. The maximum Gasteiger partial charge on any atom is 0.275 e. The predicted molar refractivity (Wildman–Crippen MR) is 87.4 cm³/mol. The Bertz CT molecular complexity index is 705. The average molecular weight is 439 g/mol. The Morgan fingerprint density at radius 2 is 2.00 bits per heavy atom. The fraction of sp³-hybridized carbons (Fsp3) is 0.143. The standard InChI is InChI=1S/C14H10ClF2IN2O2/c1-2-22-11-4-3-8(15)13(20-11)14(21)19-7-5-9(16)12(18)10(17)6-7/h3-6H,2H2,1H3,(H,19,21). The average Bonchev–Trinajstić information content (AvgIpc) is 2.47. The van der Waals surface area contributed by atoms with Gasteiger partial charge in [-0.05, 0) is 47.7 Å². The largest absolute Gasteiger partial charge is 0.478 e. The molecule has 4 nitrogen and oxygen atoms in total. The van der Waals surface area contributed by atoms with Gasteiger partial charge in [-0.1, -0.05) is 11.6 Å². The van der Waals surface area contributed by atoms with Crippen LogP contribution in [0.5, 0.6) is 5.88 Å². The molecule has 0 bridgehead atoms. The summed E-state index contributed by atoms with van der Waals surface area (Å²) in [4.78, 5) is 16.1. The summed E-state index contributed by atoms with van der Waals surface area (Å²) in [5, 5.41) is 2.46. The number of ether oxygens (including phenoxy) is 1. The van der Waals surface area contributed by atoms with Gasteiger partial charge < -0.3 is 10.1 Å². The third-order valence-corrected chi connectivity index (χ3v) is 3.90. The van der Waals surface area contributed by atoms with Gasteiger partial charge in [0.1, 0.15) is 11.6 Å². The van der Waals surface area contributed by atoms with Crippen LogP contribution in [-0.4, -0.2) is 17.5 Å². The SMILES string of the molecule is CCOc1ccc(Cl)c(C(=O)Nc2cc(F)c(I)c(F)c2)n1. The number of benzene rings is 1. The first-order valence-corrected chi connectivity index (χ1v) is 7.63. The van der Waals surface area contributed by atoms with Gasteiger partial charge in [-0.15, -0.1) is 0 Å². The Morgan fingerprint density at radius 3 is 2.59 bits per heavy atom. The van der Waals surface area contributed by atoms with Crippen LogP contribution in [0, 0.1) is 15.2 Å². The molecule has 2 rings (SSSR count). The van der Waals surface area contributed by atoms with E-state index in [1.54, 1.807) is 6.92 Å². The topological polar surface area (TPSA) is 51.2 Å². The minimum Gasteiger partial charge on any atom is -0.478 e. The molecule has 0 aliphatic rings. The number of nitrogens with zero attached hydrogens (tertiary/aromatic N) is 1. The molecular weight excluding hydrogens is 429 g/mol. The molecule has 0 unspecified atom stereocenters. The monoisotopic (exact) mass is 438 g/mol. The maximum absolute atomic E-state index is 13.5. The second kappa shape index (κ2) is 7.19. The van der Waals surface area contributed by atoms with Crippen LogP contribution in [-0.2, 0) is 0 Å². The van der Waals surface area contributed by atoms with Gasteiger partial charge in [-0.25, -0.2) is 13.8 Å². The van der Waals surface area contributed by atoms with E-state index in [9.17, 15) is 13.6 Å². The maximum atomic E-state index is 13.5. The van der Waals surface area contributed by atoms with E-state index in [-0.39, 0.29) is 25.9 Å². The zero-order valence-corrected chi connectivity index (χ0v) is 14.2. The van der Waals surface area contributed by atoms with Crippen LogP contribution >= 0.6 is 34.2 Å². The van der Waals surface area contributed by atoms with Gasteiger partial charge in [0.05, 0.1) is 15.2 Å². The molecule has 2 aromatic rings. The first-order valence-electron chi connectivity index (χ1n) is 6.17. The molecule has 1 amide bonds. The molecular formula is C14H10ClF2IN2O2. The van der Waals surface area contributed by atoms with Crippen molar-refractivity contribution in [3.63, 3.8) is 0 Å². The van der Waals surface area contributed by atoms with Crippen LogP contribution in [0.2, 0.25) is 5.02 Å². The quantitative estimate of drug-likeness (QED) is 0.573. The number of hydrogen-bond donors (Lipinski definition) is 1. The molecule has 22 heavy (non-hydrogen) atoms. The molecule has 0 saturated carbocycles. The molecule has 1 aromatic heterocycles. The van der Waals surface area contributed by atoms with Gasteiger partial charge in [0.25, 0.3) is 5.91 Å². The first-order chi connectivity index (χ1) is 10.4. The second-order valence-corrected chi connectivity index (χ2v) is 5.61. The molecule has 1 aromatic carbocycles. The molecule has 8 heteroatoms. The molecule has 0 aliphatic heterocycles. The summed E-state index contributed by atoms with van der Waals surface area (Å²) in [5.41, 5.74) is -0.118. The smallest absolute Gasteiger partial charge is 0.275 e. The van der Waals surface area contributed by atoms with E-state index in [2.05, 4.69) is 10.3 Å². The van der Waals surface area contributed by atoms with Crippen molar-refractivity contribution in [1.82, 2.24) is 4.98 Å². The normalized spacial score (nSPS) is 10.4. The summed E-state index contributed by atoms with van der Waals surface area (Å²) < 4.78 is 32.0. The van der Waals surface area contributed by atoms with E-state index in [1.807, 2.05) is 0 Å². The van der Waals surface area contributed by atoms with Crippen molar-refractivity contribution < 1.29 is 18.3 Å². The Morgan fingerprint density at radius 1 is 1.36 bits per heavy atom. The number of halogens is 4. The van der Waals surface area contributed by atoms with E-state index in [0.717, 1.165) is 12.1 Å². The van der Waals surface area contributed by atoms with E-state index in [4.69, 9.17) is 16.3 Å². The summed E-state index contributed by atoms with van der Waals surface area (Å²) in [7, 11) is 0. The van der Waals surface area contributed by atoms with Crippen LogP contribution in [0.3, 0.4) is 0 Å². The van der Waals surface area contributed by atoms with E-state index < -0.39 is 17.5 Å². The molecule has 116 valence electrons. The Balaban J connectivity index is 2.27. The lowest BCUT2D eigenvalue weighted by molar-refractivity contribution is 0.102. The number of nitrogens with one attached hydrogen (secondary N) is 1. The summed E-state index contributed by atoms with van der Waals surface area (Å²) in [5.74, 6) is -1.99. The lowest BCUT2D eigenvalue weighted by atomic mass is 10.2. The zero-order valence-electron chi connectivity index (χ0n) is 11.3. The van der Waals surface area contributed by atoms with E-state index in [1.165, 1.54) is 34.7 Å². The first kappa shape index (κ1) is 16.9. The third kappa shape index (κ3) is 3.83. The highest BCUT2D eigenvalue weighted by Gasteiger charge is 2.16. The van der Waals surface area contributed by atoms with Gasteiger partial charge in [-0.3, -0.25) is 4.79 Å². The molecule has 1 N–H and O–H groups in total. The molecule has 0 fully saturated rings. The number of amides is 1. The molecule has 0 saturated heterocycles. The van der Waals surface area contributed by atoms with Gasteiger partial charge >= 0.3 is 0 Å². The number of aromatic nitrogens is 1. The fourth-order valence-electron chi connectivity index (χ4n) is 1.63. The van der Waals surface area contributed by atoms with Crippen LogP contribution < -0.4 is 10.1 Å². The van der Waals surface area contributed by atoms with Crippen LogP contribution in [0.25, 0.3) is 0 Å². The van der Waals surface area contributed by atoms with Crippen molar-refractivity contribution >= 4 is 45.8 Å². The number of carbonyl (C=O) groups is 1. The number of anilines is 1. The van der Waals surface area contributed by atoms with Crippen molar-refractivity contribution in [3.8, 4) is 5.88 Å². The lowest BCUT2D eigenvalue weighted by Gasteiger charge is -2.09. The Labute approximate surface area is 144 Å². The van der Waals surface area contributed by atoms with Crippen LogP contribution in [0.1, 0.15) is 17.4 Å². The molecule has 0 radical (unpaired) electrons. The Kier molecular flexibility index (Phi) is 5.52. The highest BCUT2D eigenvalue weighted by Crippen LogP contribution is 2.23. The minimum absolute atomic E-state index is 0.0277. The number of pyridine rings is 1. The second-order valence-electron chi connectivity index (χ2n) is 4.12. The molecule has 0 atom stereocenters. The number of carbonyl (C=O) groups excluding carboxylic acids is 1. The van der Waals surface area contributed by atoms with Crippen molar-refractivity contribution in [2.45, 2.75) is 6.92 Å². The lowest BCUT2D eigenvalue weighted by Crippen LogP contribution is -2.15. The van der Waals surface area contributed by atoms with Gasteiger partial charge in [-0.2, -0.15) is 0 Å². The number of hydrogen-bond acceptors (Lipinski definition) is 3. The fourth-order valence-corrected chi connectivity index (χ4v) is 2.13. The van der Waals surface area contributed by atoms with E-state index in [0.29, 0.717) is 6.61 Å². The van der Waals surface area contributed by atoms with Crippen molar-refractivity contribution in [2.75, 3.05) is 11.9 Å². The number of rotatable bonds is 4. The van der Waals surface area contributed by atoms with E-state index >= 15 is 0 Å². The van der Waals surface area contributed by atoms with Crippen LogP contribution in [0.15, 0.2) is 24.3 Å². The predicted octanol–water partition coefficient (Wildman–Crippen LogP) is 4.27. The van der Waals surface area contributed by atoms with Crippen molar-refractivity contribution in [1.29, 1.82) is 0 Å². The highest BCUT2D eigenvalue weighted by molar-refractivity contribution is 14.1. The van der Waals surface area contributed by atoms with Gasteiger partial charge in [0, 0.05) is 11.8 Å². The summed E-state index contributed by atoms with van der Waals surface area (Å²) in [6, 6.07) is 5.02. The summed E-state index contributed by atoms with van der Waals surface area (Å²) in [6.07, 6.45) is 0. The summed E-state index contributed by atoms with van der Waals surface area (Å²) in [6.45, 7) is 2.15. The summed E-state index contributed by atoms with van der Waals surface area (Å²) >= 11 is 7.45. The minimum atomic E-state index is -0.766. The van der Waals surface area contributed by atoms with Gasteiger partial charge in [0.2, 0.25) is 5.88 Å². The highest BCUT2D eigenvalue weighted by atomic mass is 127. The van der Waals surface area contributed by atoms with Gasteiger partial charge in [0.15, 0.2) is 5.69 Å². The van der Waals surface area contributed by atoms with Crippen molar-refractivity contribution in [2.24, 2.45) is 0 Å². The van der Waals surface area contributed by atoms with Crippen LogP contribution in [0.4, 0.5) is 14.5 Å². The zero-order chi connectivity index (χ0) is 16.3.